The van der Waals surface area contributed by atoms with E-state index in [2.05, 4.69) is 21.3 Å². The van der Waals surface area contributed by atoms with Crippen molar-refractivity contribution < 1.29 is 14.7 Å². The molecule has 5 N–H and O–H groups in total. The van der Waals surface area contributed by atoms with E-state index >= 15 is 0 Å². The van der Waals surface area contributed by atoms with Gasteiger partial charge in [-0.15, -0.1) is 0 Å². The predicted octanol–water partition coefficient (Wildman–Crippen LogP) is 1.77. The van der Waals surface area contributed by atoms with E-state index in [1.165, 1.54) is 25.2 Å². The van der Waals surface area contributed by atoms with E-state index < -0.39 is 22.8 Å². The van der Waals surface area contributed by atoms with Crippen molar-refractivity contribution in [3.63, 3.8) is 0 Å². The van der Waals surface area contributed by atoms with Gasteiger partial charge in [0.15, 0.2) is 5.75 Å². The lowest BCUT2D eigenvalue weighted by molar-refractivity contribution is -0.122. The van der Waals surface area contributed by atoms with Crippen molar-refractivity contribution in [1.29, 1.82) is 0 Å². The zero-order valence-electron chi connectivity index (χ0n) is 17.9. The Morgan fingerprint density at radius 3 is 2.22 bits per heavy atom. The second-order valence-electron chi connectivity index (χ2n) is 7.32. The molecule has 3 rings (SSSR count). The Hall–Kier alpha value is -4.14. The van der Waals surface area contributed by atoms with E-state index in [1.54, 1.807) is 6.92 Å². The molecule has 0 heterocycles. The topological polar surface area (TPSA) is 137 Å². The van der Waals surface area contributed by atoms with Gasteiger partial charge in [0.2, 0.25) is 5.91 Å². The summed E-state index contributed by atoms with van der Waals surface area (Å²) in [5.41, 5.74) is -0.696. The molecule has 3 aromatic carbocycles. The van der Waals surface area contributed by atoms with Gasteiger partial charge < -0.3 is 26.4 Å². The van der Waals surface area contributed by atoms with Crippen LogP contribution in [0.2, 0.25) is 0 Å². The van der Waals surface area contributed by atoms with Gasteiger partial charge in [0.25, 0.3) is 16.8 Å². The number of benzene rings is 2. The molecule has 32 heavy (non-hydrogen) atoms. The van der Waals surface area contributed by atoms with Gasteiger partial charge in [-0.3, -0.25) is 19.2 Å². The summed E-state index contributed by atoms with van der Waals surface area (Å²) < 4.78 is 0. The van der Waals surface area contributed by atoms with Crippen molar-refractivity contribution in [3.8, 4) is 5.75 Å². The first-order chi connectivity index (χ1) is 15.2. The maximum Gasteiger partial charge on any atom is 0.254 e. The number of carbonyl (C=O) groups excluding carboxylic acids is 2. The molecule has 0 spiro atoms. The molecule has 0 unspecified atom stereocenters. The maximum absolute atomic E-state index is 12.6. The quantitative estimate of drug-likeness (QED) is 0.268. The van der Waals surface area contributed by atoms with Crippen LogP contribution in [0.1, 0.15) is 35.8 Å². The first-order valence-corrected chi connectivity index (χ1v) is 10.0. The maximum atomic E-state index is 12.6. The monoisotopic (exact) mass is 436 g/mol. The predicted molar refractivity (Wildman–Crippen MR) is 122 cm³/mol. The minimum atomic E-state index is -0.809. The van der Waals surface area contributed by atoms with Crippen molar-refractivity contribution >= 4 is 28.9 Å². The molecule has 0 aliphatic rings. The van der Waals surface area contributed by atoms with Crippen molar-refractivity contribution in [1.82, 2.24) is 10.6 Å². The summed E-state index contributed by atoms with van der Waals surface area (Å²) in [5.74, 6) is -1.23. The molecule has 0 aliphatic carbocycles. The first kappa shape index (κ1) is 22.5. The fourth-order valence-electron chi connectivity index (χ4n) is 3.19. The number of aromatic hydroxyl groups is 1. The van der Waals surface area contributed by atoms with Crippen LogP contribution in [0.25, 0.3) is 0 Å². The van der Waals surface area contributed by atoms with E-state index in [9.17, 15) is 24.3 Å². The number of nitrogens with one attached hydrogen (secondary N) is 4. The van der Waals surface area contributed by atoms with Gasteiger partial charge in [0, 0.05) is 7.05 Å². The molecule has 0 saturated carbocycles. The highest BCUT2D eigenvalue weighted by Crippen LogP contribution is 2.31. The van der Waals surface area contributed by atoms with E-state index in [1.807, 2.05) is 37.3 Å². The number of phenols is 1. The lowest BCUT2D eigenvalue weighted by Crippen LogP contribution is -2.44. The van der Waals surface area contributed by atoms with Crippen molar-refractivity contribution in [2.45, 2.75) is 25.9 Å². The van der Waals surface area contributed by atoms with E-state index in [-0.39, 0.29) is 40.3 Å². The largest absolute Gasteiger partial charge is 0.505 e. The highest BCUT2D eigenvalue weighted by Gasteiger charge is 2.26. The summed E-state index contributed by atoms with van der Waals surface area (Å²) in [6.07, 6.45) is 0. The summed E-state index contributed by atoms with van der Waals surface area (Å²) >= 11 is 0. The fourth-order valence-corrected chi connectivity index (χ4v) is 3.19. The van der Waals surface area contributed by atoms with Gasteiger partial charge in [0.1, 0.15) is 17.4 Å². The number of hydrogen-bond donors (Lipinski definition) is 5. The summed E-state index contributed by atoms with van der Waals surface area (Å²) in [6.45, 7) is 3.41. The van der Waals surface area contributed by atoms with Crippen LogP contribution < -0.4 is 32.1 Å². The molecule has 0 aromatic heterocycles. The second kappa shape index (κ2) is 9.34. The Morgan fingerprint density at radius 1 is 0.906 bits per heavy atom. The molecule has 166 valence electrons. The van der Waals surface area contributed by atoms with Crippen molar-refractivity contribution in [2.24, 2.45) is 0 Å². The van der Waals surface area contributed by atoms with Crippen LogP contribution in [0, 0.1) is 0 Å². The van der Waals surface area contributed by atoms with Gasteiger partial charge in [-0.1, -0.05) is 36.4 Å². The second-order valence-corrected chi connectivity index (χ2v) is 7.32. The Bertz CT molecular complexity index is 1220. The Kier molecular flexibility index (Phi) is 6.58. The smallest absolute Gasteiger partial charge is 0.254 e. The molecule has 0 aliphatic heterocycles. The van der Waals surface area contributed by atoms with Gasteiger partial charge >= 0.3 is 0 Å². The average Bonchev–Trinajstić information content (AvgIpc) is 2.81. The molecule has 9 heteroatoms. The van der Waals surface area contributed by atoms with Crippen LogP contribution in [-0.4, -0.2) is 30.0 Å². The molecule has 2 amide bonds. The van der Waals surface area contributed by atoms with Crippen LogP contribution in [0.5, 0.6) is 5.75 Å². The molecular weight excluding hydrogens is 412 g/mol. The van der Waals surface area contributed by atoms with Crippen LogP contribution in [0.3, 0.4) is 0 Å². The van der Waals surface area contributed by atoms with Crippen LogP contribution in [-0.2, 0) is 4.79 Å². The molecule has 0 fully saturated rings. The third-order valence-electron chi connectivity index (χ3n) is 5.09. The Morgan fingerprint density at radius 2 is 1.56 bits per heavy atom. The van der Waals surface area contributed by atoms with E-state index in [0.717, 1.165) is 5.56 Å². The van der Waals surface area contributed by atoms with Crippen molar-refractivity contribution in [2.75, 3.05) is 17.7 Å². The molecule has 3 aromatic rings. The Labute approximate surface area is 184 Å². The summed E-state index contributed by atoms with van der Waals surface area (Å²) in [7, 11) is 1.42. The number of rotatable bonds is 8. The first-order valence-electron chi connectivity index (χ1n) is 10.0. The SMILES string of the molecule is CNC(=O)c1cccc(Nc2c(N[C@H](C)C(=O)N[C@H](C)c3ccccc3)c(=O)c2=O)c1O. The molecule has 9 nitrogen and oxygen atoms in total. The highest BCUT2D eigenvalue weighted by atomic mass is 16.3. The lowest BCUT2D eigenvalue weighted by Gasteiger charge is -2.22. The molecule has 0 radical (unpaired) electrons. The molecular formula is C23H24N4O5. The number of carbonyl (C=O) groups is 2. The molecule has 0 saturated heterocycles. The zero-order valence-corrected chi connectivity index (χ0v) is 17.9. The third kappa shape index (κ3) is 4.46. The Balaban J connectivity index is 1.74. The number of amides is 2. The summed E-state index contributed by atoms with van der Waals surface area (Å²) in [5, 5.41) is 21.1. The molecule has 0 bridgehead atoms. The van der Waals surface area contributed by atoms with Gasteiger partial charge in [0.05, 0.1) is 17.3 Å². The average molecular weight is 436 g/mol. The van der Waals surface area contributed by atoms with Gasteiger partial charge in [-0.05, 0) is 31.5 Å². The minimum absolute atomic E-state index is 0.00773. The van der Waals surface area contributed by atoms with Crippen LogP contribution >= 0.6 is 0 Å². The lowest BCUT2D eigenvalue weighted by atomic mass is 10.1. The number of phenolic OH excluding ortho intramolecular Hbond substituents is 1. The number of hydrogen-bond acceptors (Lipinski definition) is 7. The standard InChI is InChI=1S/C23H24N4O5/c1-12(14-8-5-4-6-9-14)26-22(31)13(2)25-17-18(21(30)20(17)29)27-16-11-7-10-15(19(16)28)23(32)24-3/h4-13,25,27-28H,1-3H3,(H,24,32)(H,26,31)/t12-,13-/m1/s1. The highest BCUT2D eigenvalue weighted by molar-refractivity contribution is 5.99. The fraction of sp³-hybridized carbons (Fsp3) is 0.217. The number of anilines is 3. The van der Waals surface area contributed by atoms with Gasteiger partial charge in [-0.2, -0.15) is 0 Å². The zero-order chi connectivity index (χ0) is 23.4. The van der Waals surface area contributed by atoms with E-state index in [4.69, 9.17) is 0 Å². The minimum Gasteiger partial charge on any atom is -0.505 e. The van der Waals surface area contributed by atoms with Crippen LogP contribution in [0.15, 0.2) is 58.1 Å². The summed E-state index contributed by atoms with van der Waals surface area (Å²) in [4.78, 5) is 48.6. The van der Waals surface area contributed by atoms with Gasteiger partial charge in [-0.25, -0.2) is 0 Å². The normalized spacial score (nSPS) is 12.6. The molecule has 2 atom stereocenters. The summed E-state index contributed by atoms with van der Waals surface area (Å²) in [6, 6.07) is 12.7. The van der Waals surface area contributed by atoms with Crippen molar-refractivity contribution in [3.05, 3.63) is 80.1 Å². The van der Waals surface area contributed by atoms with Crippen LogP contribution in [0.4, 0.5) is 17.1 Å². The number of para-hydroxylation sites is 1. The third-order valence-corrected chi connectivity index (χ3v) is 5.09. The van der Waals surface area contributed by atoms with E-state index in [0.29, 0.717) is 0 Å².